The van der Waals surface area contributed by atoms with E-state index < -0.39 is 5.97 Å². The third-order valence-corrected chi connectivity index (χ3v) is 3.61. The van der Waals surface area contributed by atoms with Crippen molar-refractivity contribution < 1.29 is 14.6 Å². The average Bonchev–Trinajstić information content (AvgIpc) is 2.41. The Morgan fingerprint density at radius 3 is 3.00 bits per heavy atom. The van der Waals surface area contributed by atoms with E-state index in [9.17, 15) is 4.79 Å². The molecule has 1 aliphatic rings. The van der Waals surface area contributed by atoms with Crippen LogP contribution >= 0.6 is 0 Å². The van der Waals surface area contributed by atoms with E-state index in [0.717, 1.165) is 37.2 Å². The number of carboxylic acids is 1. The first-order valence-electron chi connectivity index (χ1n) is 6.80. The van der Waals surface area contributed by atoms with Gasteiger partial charge in [0.1, 0.15) is 12.4 Å². The number of carbonyl (C=O) groups is 1. The van der Waals surface area contributed by atoms with Crippen molar-refractivity contribution in [2.75, 3.05) is 26.2 Å². The quantitative estimate of drug-likeness (QED) is 0.884. The van der Waals surface area contributed by atoms with E-state index >= 15 is 0 Å². The first-order chi connectivity index (χ1) is 9.16. The van der Waals surface area contributed by atoms with Crippen molar-refractivity contribution in [3.8, 4) is 5.75 Å². The minimum absolute atomic E-state index is 0.216. The molecule has 1 fully saturated rings. The number of aliphatic carboxylic acids is 1. The second-order valence-corrected chi connectivity index (χ2v) is 5.09. The van der Waals surface area contributed by atoms with Crippen LogP contribution in [0.15, 0.2) is 24.3 Å². The van der Waals surface area contributed by atoms with Crippen molar-refractivity contribution in [1.29, 1.82) is 0 Å². The van der Waals surface area contributed by atoms with Crippen LogP contribution in [-0.4, -0.2) is 42.2 Å². The molecule has 1 aliphatic heterocycles. The zero-order chi connectivity index (χ0) is 13.7. The molecule has 1 heterocycles. The normalized spacial score (nSPS) is 20.2. The van der Waals surface area contributed by atoms with E-state index in [1.165, 1.54) is 0 Å². The Kier molecular flexibility index (Phi) is 4.80. The van der Waals surface area contributed by atoms with Crippen LogP contribution in [-0.2, 0) is 4.79 Å². The summed E-state index contributed by atoms with van der Waals surface area (Å²) in [6.45, 7) is 5.04. The Bertz CT molecular complexity index is 433. The summed E-state index contributed by atoms with van der Waals surface area (Å²) in [5.74, 6) is 0.0195. The minimum Gasteiger partial charge on any atom is -0.492 e. The molecule has 1 aromatic rings. The largest absolute Gasteiger partial charge is 0.492 e. The lowest BCUT2D eigenvalue weighted by Gasteiger charge is -2.30. The van der Waals surface area contributed by atoms with Crippen LogP contribution in [0, 0.1) is 12.8 Å². The van der Waals surface area contributed by atoms with Crippen LogP contribution < -0.4 is 4.74 Å². The number of carboxylic acid groups (broad SMARTS) is 1. The van der Waals surface area contributed by atoms with Gasteiger partial charge < -0.3 is 9.84 Å². The second kappa shape index (κ2) is 6.57. The highest BCUT2D eigenvalue weighted by molar-refractivity contribution is 5.70. The molecule has 1 N–H and O–H groups in total. The predicted molar refractivity (Wildman–Crippen MR) is 73.5 cm³/mol. The standard InChI is InChI=1S/C15H21NO3/c1-12-5-2-3-7-14(12)19-10-9-16-8-4-6-13(11-16)15(17)18/h2-3,5,7,13H,4,6,8-11H2,1H3,(H,17,18). The molecule has 0 spiro atoms. The van der Waals surface area contributed by atoms with Gasteiger partial charge in [-0.3, -0.25) is 9.69 Å². The number of hydrogen-bond acceptors (Lipinski definition) is 3. The van der Waals surface area contributed by atoms with E-state index in [1.54, 1.807) is 0 Å². The summed E-state index contributed by atoms with van der Waals surface area (Å²) < 4.78 is 5.75. The summed E-state index contributed by atoms with van der Waals surface area (Å²) >= 11 is 0. The summed E-state index contributed by atoms with van der Waals surface area (Å²) in [7, 11) is 0. The van der Waals surface area contributed by atoms with Crippen LogP contribution in [0.2, 0.25) is 0 Å². The molecule has 0 bridgehead atoms. The van der Waals surface area contributed by atoms with Gasteiger partial charge in [-0.2, -0.15) is 0 Å². The van der Waals surface area contributed by atoms with Gasteiger partial charge in [0.05, 0.1) is 5.92 Å². The zero-order valence-corrected chi connectivity index (χ0v) is 11.3. The first kappa shape index (κ1) is 13.9. The number of aryl methyl sites for hydroxylation is 1. The molecule has 4 heteroatoms. The van der Waals surface area contributed by atoms with E-state index in [0.29, 0.717) is 13.2 Å². The summed E-state index contributed by atoms with van der Waals surface area (Å²) in [6.07, 6.45) is 1.76. The maximum absolute atomic E-state index is 11.0. The molecule has 19 heavy (non-hydrogen) atoms. The summed E-state index contributed by atoms with van der Waals surface area (Å²) in [4.78, 5) is 13.2. The highest BCUT2D eigenvalue weighted by Crippen LogP contribution is 2.18. The van der Waals surface area contributed by atoms with Gasteiger partial charge in [0, 0.05) is 13.1 Å². The highest BCUT2D eigenvalue weighted by atomic mass is 16.5. The fourth-order valence-electron chi connectivity index (χ4n) is 2.46. The average molecular weight is 263 g/mol. The molecule has 4 nitrogen and oxygen atoms in total. The Labute approximate surface area is 114 Å². The van der Waals surface area contributed by atoms with Crippen molar-refractivity contribution in [1.82, 2.24) is 4.90 Å². The van der Waals surface area contributed by atoms with E-state index in [4.69, 9.17) is 9.84 Å². The molecular weight excluding hydrogens is 242 g/mol. The van der Waals surface area contributed by atoms with Crippen LogP contribution in [0.3, 0.4) is 0 Å². The van der Waals surface area contributed by atoms with Gasteiger partial charge in [-0.05, 0) is 37.9 Å². The van der Waals surface area contributed by atoms with E-state index in [2.05, 4.69) is 4.90 Å². The molecule has 104 valence electrons. The molecule has 0 radical (unpaired) electrons. The van der Waals surface area contributed by atoms with Gasteiger partial charge in [-0.25, -0.2) is 0 Å². The molecule has 1 unspecified atom stereocenters. The molecule has 1 atom stereocenters. The van der Waals surface area contributed by atoms with Crippen LogP contribution in [0.5, 0.6) is 5.75 Å². The van der Waals surface area contributed by atoms with Crippen LogP contribution in [0.25, 0.3) is 0 Å². The summed E-state index contributed by atoms with van der Waals surface area (Å²) in [6, 6.07) is 7.94. The lowest BCUT2D eigenvalue weighted by molar-refractivity contribution is -0.143. The Morgan fingerprint density at radius 1 is 1.47 bits per heavy atom. The third-order valence-electron chi connectivity index (χ3n) is 3.61. The molecule has 0 aromatic heterocycles. The lowest BCUT2D eigenvalue weighted by atomic mass is 9.98. The first-order valence-corrected chi connectivity index (χ1v) is 6.80. The molecule has 1 saturated heterocycles. The number of para-hydroxylation sites is 1. The van der Waals surface area contributed by atoms with Crippen molar-refractivity contribution in [3.63, 3.8) is 0 Å². The van der Waals surface area contributed by atoms with Gasteiger partial charge in [-0.1, -0.05) is 18.2 Å². The fraction of sp³-hybridized carbons (Fsp3) is 0.533. The van der Waals surface area contributed by atoms with Crippen molar-refractivity contribution in [2.24, 2.45) is 5.92 Å². The van der Waals surface area contributed by atoms with Crippen molar-refractivity contribution in [2.45, 2.75) is 19.8 Å². The Balaban J connectivity index is 1.77. The van der Waals surface area contributed by atoms with Gasteiger partial charge in [0.2, 0.25) is 0 Å². The molecule has 1 aromatic carbocycles. The van der Waals surface area contributed by atoms with E-state index in [-0.39, 0.29) is 5.92 Å². The number of likely N-dealkylation sites (tertiary alicyclic amines) is 1. The number of nitrogens with zero attached hydrogens (tertiary/aromatic N) is 1. The second-order valence-electron chi connectivity index (χ2n) is 5.09. The fourth-order valence-corrected chi connectivity index (χ4v) is 2.46. The van der Waals surface area contributed by atoms with Crippen molar-refractivity contribution >= 4 is 5.97 Å². The SMILES string of the molecule is Cc1ccccc1OCCN1CCCC(C(=O)O)C1. The van der Waals surface area contributed by atoms with E-state index in [1.807, 2.05) is 31.2 Å². The topological polar surface area (TPSA) is 49.8 Å². The lowest BCUT2D eigenvalue weighted by Crippen LogP contribution is -2.40. The molecular formula is C15H21NO3. The number of benzene rings is 1. The van der Waals surface area contributed by atoms with Gasteiger partial charge in [0.25, 0.3) is 0 Å². The predicted octanol–water partition coefficient (Wildman–Crippen LogP) is 2.17. The molecule has 0 saturated carbocycles. The summed E-state index contributed by atoms with van der Waals surface area (Å²) in [5, 5.41) is 9.04. The van der Waals surface area contributed by atoms with Gasteiger partial charge >= 0.3 is 5.97 Å². The third kappa shape index (κ3) is 3.96. The van der Waals surface area contributed by atoms with Gasteiger partial charge in [-0.15, -0.1) is 0 Å². The number of ether oxygens (including phenoxy) is 1. The van der Waals surface area contributed by atoms with Gasteiger partial charge in [0.15, 0.2) is 0 Å². The minimum atomic E-state index is -0.676. The van der Waals surface area contributed by atoms with Crippen LogP contribution in [0.4, 0.5) is 0 Å². The number of hydrogen-bond donors (Lipinski definition) is 1. The van der Waals surface area contributed by atoms with Crippen molar-refractivity contribution in [3.05, 3.63) is 29.8 Å². The Hall–Kier alpha value is -1.55. The Morgan fingerprint density at radius 2 is 2.26 bits per heavy atom. The smallest absolute Gasteiger partial charge is 0.307 e. The zero-order valence-electron chi connectivity index (χ0n) is 11.3. The molecule has 0 aliphatic carbocycles. The highest BCUT2D eigenvalue weighted by Gasteiger charge is 2.24. The molecule has 2 rings (SSSR count). The maximum atomic E-state index is 11.0. The molecule has 0 amide bonds. The maximum Gasteiger partial charge on any atom is 0.307 e. The summed E-state index contributed by atoms with van der Waals surface area (Å²) in [5.41, 5.74) is 1.13. The monoisotopic (exact) mass is 263 g/mol. The van der Waals surface area contributed by atoms with Crippen LogP contribution in [0.1, 0.15) is 18.4 Å². The number of rotatable bonds is 5. The number of piperidine rings is 1.